The third kappa shape index (κ3) is 5.48. The van der Waals surface area contributed by atoms with Crippen molar-refractivity contribution >= 4 is 27.3 Å². The van der Waals surface area contributed by atoms with E-state index in [1.54, 1.807) is 37.3 Å². The fraction of sp³-hybridized carbons (Fsp3) is 0.381. The molecule has 0 fully saturated rings. The van der Waals surface area contributed by atoms with Crippen LogP contribution in [-0.4, -0.2) is 32.7 Å². The van der Waals surface area contributed by atoms with E-state index in [9.17, 15) is 13.2 Å². The van der Waals surface area contributed by atoms with E-state index < -0.39 is 22.0 Å². The van der Waals surface area contributed by atoms with Gasteiger partial charge in [-0.25, -0.2) is 8.42 Å². The molecule has 0 spiro atoms. The van der Waals surface area contributed by atoms with Crippen LogP contribution in [0.5, 0.6) is 5.75 Å². The first kappa shape index (κ1) is 21.8. The Bertz CT molecular complexity index is 955. The van der Waals surface area contributed by atoms with E-state index in [4.69, 9.17) is 4.74 Å². The number of nitrogens with one attached hydrogen (secondary N) is 1. The van der Waals surface area contributed by atoms with Crippen LogP contribution in [0.1, 0.15) is 31.9 Å². The Kier molecular flexibility index (Phi) is 6.72. The predicted octanol–water partition coefficient (Wildman–Crippen LogP) is 3.88. The lowest BCUT2D eigenvalue weighted by Crippen LogP contribution is -2.45. The summed E-state index contributed by atoms with van der Waals surface area (Å²) in [4.78, 5) is 12.8. The number of aryl methyl sites for hydroxylation is 2. The lowest BCUT2D eigenvalue weighted by Gasteiger charge is -2.29. The summed E-state index contributed by atoms with van der Waals surface area (Å²) in [6.45, 7) is 9.12. The lowest BCUT2D eigenvalue weighted by atomic mass is 10.1. The van der Waals surface area contributed by atoms with Crippen molar-refractivity contribution in [2.24, 2.45) is 0 Å². The predicted molar refractivity (Wildman–Crippen MR) is 114 cm³/mol. The van der Waals surface area contributed by atoms with Gasteiger partial charge < -0.3 is 10.1 Å². The molecule has 0 aliphatic carbocycles. The number of nitrogens with zero attached hydrogens (tertiary/aromatic N) is 1. The van der Waals surface area contributed by atoms with Crippen molar-refractivity contribution < 1.29 is 17.9 Å². The summed E-state index contributed by atoms with van der Waals surface area (Å²) in [7, 11) is -3.67. The number of carbonyl (C=O) groups is 1. The minimum atomic E-state index is -3.67. The largest absolute Gasteiger partial charge is 0.491 e. The van der Waals surface area contributed by atoms with Gasteiger partial charge in [0.05, 0.1) is 18.0 Å². The van der Waals surface area contributed by atoms with Crippen molar-refractivity contribution in [1.82, 2.24) is 0 Å². The van der Waals surface area contributed by atoms with Gasteiger partial charge in [0.25, 0.3) is 0 Å². The Hall–Kier alpha value is -2.54. The van der Waals surface area contributed by atoms with Gasteiger partial charge in [0, 0.05) is 11.8 Å². The second kappa shape index (κ2) is 8.65. The molecule has 0 saturated carbocycles. The molecule has 0 aliphatic heterocycles. The van der Waals surface area contributed by atoms with Crippen molar-refractivity contribution in [3.05, 3.63) is 53.6 Å². The fourth-order valence-electron chi connectivity index (χ4n) is 2.90. The Balaban J connectivity index is 2.31. The minimum absolute atomic E-state index is 0.00916. The van der Waals surface area contributed by atoms with Crippen LogP contribution in [0.3, 0.4) is 0 Å². The van der Waals surface area contributed by atoms with Crippen LogP contribution in [-0.2, 0) is 14.8 Å². The maximum Gasteiger partial charge on any atom is 0.247 e. The number of ether oxygens (including phenoxy) is 1. The van der Waals surface area contributed by atoms with Crippen molar-refractivity contribution in [2.75, 3.05) is 15.9 Å². The average molecular weight is 405 g/mol. The number of carbonyl (C=O) groups excluding carboxylic acids is 1. The van der Waals surface area contributed by atoms with Crippen LogP contribution in [0, 0.1) is 13.8 Å². The number of hydrogen-bond acceptors (Lipinski definition) is 4. The van der Waals surface area contributed by atoms with Crippen molar-refractivity contribution in [3.63, 3.8) is 0 Å². The Morgan fingerprint density at radius 1 is 1.07 bits per heavy atom. The maximum atomic E-state index is 12.8. The van der Waals surface area contributed by atoms with Gasteiger partial charge >= 0.3 is 0 Å². The molecule has 152 valence electrons. The molecule has 0 aliphatic rings. The molecule has 0 unspecified atom stereocenters. The minimum Gasteiger partial charge on any atom is -0.491 e. The Morgan fingerprint density at radius 3 is 2.36 bits per heavy atom. The normalized spacial score (nSPS) is 12.5. The highest BCUT2D eigenvalue weighted by molar-refractivity contribution is 7.92. The van der Waals surface area contributed by atoms with Gasteiger partial charge in [0.15, 0.2) is 0 Å². The summed E-state index contributed by atoms with van der Waals surface area (Å²) in [5, 5.41) is 2.79. The first-order valence-corrected chi connectivity index (χ1v) is 11.0. The lowest BCUT2D eigenvalue weighted by molar-refractivity contribution is -0.116. The van der Waals surface area contributed by atoms with Crippen LogP contribution in [0.15, 0.2) is 42.5 Å². The van der Waals surface area contributed by atoms with E-state index in [-0.39, 0.29) is 6.10 Å². The summed E-state index contributed by atoms with van der Waals surface area (Å²) >= 11 is 0. The van der Waals surface area contributed by atoms with Crippen LogP contribution >= 0.6 is 0 Å². The number of benzene rings is 2. The molecule has 6 nitrogen and oxygen atoms in total. The molecule has 2 rings (SSSR count). The quantitative estimate of drug-likeness (QED) is 0.760. The molecule has 7 heteroatoms. The van der Waals surface area contributed by atoms with Gasteiger partial charge in [-0.15, -0.1) is 0 Å². The summed E-state index contributed by atoms with van der Waals surface area (Å²) in [6.07, 6.45) is 1.12. The Labute approximate surface area is 167 Å². The first-order valence-electron chi connectivity index (χ1n) is 9.13. The average Bonchev–Trinajstić information content (AvgIpc) is 2.56. The molecule has 2 aromatic rings. The van der Waals surface area contributed by atoms with Gasteiger partial charge in [0.2, 0.25) is 15.9 Å². The fourth-order valence-corrected chi connectivity index (χ4v) is 4.13. The zero-order valence-corrected chi connectivity index (χ0v) is 18.0. The summed E-state index contributed by atoms with van der Waals surface area (Å²) < 4.78 is 31.8. The van der Waals surface area contributed by atoms with Gasteiger partial charge in [-0.05, 0) is 63.9 Å². The van der Waals surface area contributed by atoms with Crippen molar-refractivity contribution in [3.8, 4) is 5.75 Å². The van der Waals surface area contributed by atoms with E-state index in [0.717, 1.165) is 17.4 Å². The van der Waals surface area contributed by atoms with E-state index in [2.05, 4.69) is 5.32 Å². The molecule has 0 bridgehead atoms. The third-order valence-corrected chi connectivity index (χ3v) is 5.39. The van der Waals surface area contributed by atoms with Gasteiger partial charge in [-0.2, -0.15) is 0 Å². The van der Waals surface area contributed by atoms with Crippen LogP contribution in [0.2, 0.25) is 0 Å². The summed E-state index contributed by atoms with van der Waals surface area (Å²) in [6, 6.07) is 11.6. The van der Waals surface area contributed by atoms with Crippen molar-refractivity contribution in [1.29, 1.82) is 0 Å². The highest BCUT2D eigenvalue weighted by Gasteiger charge is 2.30. The SMILES string of the molecule is Cc1ccc(C)c(N([C@@H](C)C(=O)Nc2cccc(OC(C)C)c2)S(C)(=O)=O)c1. The van der Waals surface area contributed by atoms with Gasteiger partial charge in [0.1, 0.15) is 11.8 Å². The number of rotatable bonds is 7. The van der Waals surface area contributed by atoms with E-state index in [1.165, 1.54) is 4.31 Å². The van der Waals surface area contributed by atoms with Crippen LogP contribution in [0.4, 0.5) is 11.4 Å². The van der Waals surface area contributed by atoms with E-state index in [1.807, 2.05) is 39.8 Å². The molecule has 1 amide bonds. The van der Waals surface area contributed by atoms with Gasteiger partial charge in [-0.1, -0.05) is 18.2 Å². The van der Waals surface area contributed by atoms with Gasteiger partial charge in [-0.3, -0.25) is 9.10 Å². The standard InChI is InChI=1S/C21H28N2O4S/c1-14(2)27-19-9-7-8-18(13-19)22-21(24)17(5)23(28(6,25)26)20-12-15(3)10-11-16(20)4/h7-14,17H,1-6H3,(H,22,24)/t17-/m0/s1. The molecule has 0 radical (unpaired) electrons. The number of anilines is 2. The summed E-state index contributed by atoms with van der Waals surface area (Å²) in [5.74, 6) is 0.211. The second-order valence-corrected chi connectivity index (χ2v) is 9.07. The monoisotopic (exact) mass is 404 g/mol. The number of amides is 1. The molecular formula is C21H28N2O4S. The second-order valence-electron chi connectivity index (χ2n) is 7.21. The molecule has 0 saturated heterocycles. The molecule has 0 aromatic heterocycles. The zero-order chi connectivity index (χ0) is 21.1. The van der Waals surface area contributed by atoms with Crippen molar-refractivity contribution in [2.45, 2.75) is 46.8 Å². The molecular weight excluding hydrogens is 376 g/mol. The van der Waals surface area contributed by atoms with Crippen LogP contribution < -0.4 is 14.4 Å². The number of sulfonamides is 1. The molecule has 2 aromatic carbocycles. The smallest absolute Gasteiger partial charge is 0.247 e. The molecule has 1 atom stereocenters. The third-order valence-electron chi connectivity index (χ3n) is 4.16. The first-order chi connectivity index (χ1) is 13.0. The highest BCUT2D eigenvalue weighted by atomic mass is 32.2. The van der Waals surface area contributed by atoms with E-state index >= 15 is 0 Å². The Morgan fingerprint density at radius 2 is 1.75 bits per heavy atom. The van der Waals surface area contributed by atoms with E-state index in [0.29, 0.717) is 17.1 Å². The molecule has 0 heterocycles. The summed E-state index contributed by atoms with van der Waals surface area (Å²) in [5.41, 5.74) is 2.75. The molecule has 28 heavy (non-hydrogen) atoms. The number of hydrogen-bond donors (Lipinski definition) is 1. The zero-order valence-electron chi connectivity index (χ0n) is 17.2. The van der Waals surface area contributed by atoms with Crippen LogP contribution in [0.25, 0.3) is 0 Å². The topological polar surface area (TPSA) is 75.7 Å². The molecule has 1 N–H and O–H groups in total. The highest BCUT2D eigenvalue weighted by Crippen LogP contribution is 2.27. The maximum absolute atomic E-state index is 12.8.